The number of amides is 3. The van der Waals surface area contributed by atoms with E-state index in [0.717, 1.165) is 18.2 Å². The Morgan fingerprint density at radius 2 is 1.67 bits per heavy atom. The van der Waals surface area contributed by atoms with Gasteiger partial charge in [0.2, 0.25) is 0 Å². The van der Waals surface area contributed by atoms with Crippen LogP contribution in [0.1, 0.15) is 10.4 Å². The highest BCUT2D eigenvalue weighted by atomic mass is 35.5. The SMILES string of the molecule is O=C(NC(=O)c1c(F)cccc1Cl)Nc1ccc(SC(F)(F)F)c(Cl)c1Cl. The van der Waals surface area contributed by atoms with E-state index in [1.807, 2.05) is 5.32 Å². The molecular weight excluding hydrogens is 455 g/mol. The molecule has 0 aliphatic carbocycles. The fourth-order valence-electron chi connectivity index (χ4n) is 1.87. The molecule has 3 amide bonds. The number of carbonyl (C=O) groups is 2. The van der Waals surface area contributed by atoms with Gasteiger partial charge in [-0.15, -0.1) is 0 Å². The normalized spacial score (nSPS) is 11.2. The van der Waals surface area contributed by atoms with Crippen LogP contribution in [0.15, 0.2) is 35.2 Å². The Balaban J connectivity index is 2.14. The standard InChI is InChI=1S/C15H7Cl3F4N2O2S/c16-6-2-1-3-7(19)10(6)13(25)24-14(26)23-8-4-5-9(12(18)11(8)17)27-15(20,21)22/h1-5H,(H2,23,24,25,26). The van der Waals surface area contributed by atoms with Crippen LogP contribution in [0.5, 0.6) is 0 Å². The molecule has 0 spiro atoms. The van der Waals surface area contributed by atoms with Gasteiger partial charge in [-0.05, 0) is 36.0 Å². The number of alkyl halides is 3. The number of halogens is 7. The van der Waals surface area contributed by atoms with Gasteiger partial charge in [0.05, 0.1) is 26.3 Å². The number of benzene rings is 2. The van der Waals surface area contributed by atoms with E-state index in [-0.39, 0.29) is 20.6 Å². The summed E-state index contributed by atoms with van der Waals surface area (Å²) in [4.78, 5) is 23.5. The molecule has 0 aromatic heterocycles. The lowest BCUT2D eigenvalue weighted by molar-refractivity contribution is -0.0328. The summed E-state index contributed by atoms with van der Waals surface area (Å²) in [6, 6.07) is 4.46. The minimum Gasteiger partial charge on any atom is -0.306 e. The molecule has 2 aromatic carbocycles. The second kappa shape index (κ2) is 8.55. The van der Waals surface area contributed by atoms with Crippen molar-refractivity contribution in [1.29, 1.82) is 0 Å². The lowest BCUT2D eigenvalue weighted by Gasteiger charge is -2.13. The summed E-state index contributed by atoms with van der Waals surface area (Å²) in [6.45, 7) is 0. The van der Waals surface area contributed by atoms with Crippen LogP contribution in [0.2, 0.25) is 15.1 Å². The zero-order valence-electron chi connectivity index (χ0n) is 12.8. The summed E-state index contributed by atoms with van der Waals surface area (Å²) in [5.74, 6) is -2.07. The number of urea groups is 1. The van der Waals surface area contributed by atoms with E-state index < -0.39 is 45.6 Å². The monoisotopic (exact) mass is 460 g/mol. The van der Waals surface area contributed by atoms with Crippen molar-refractivity contribution >= 4 is 64.2 Å². The Morgan fingerprint density at radius 3 is 2.26 bits per heavy atom. The number of imide groups is 1. The fraction of sp³-hybridized carbons (Fsp3) is 0.0667. The van der Waals surface area contributed by atoms with Gasteiger partial charge in [-0.1, -0.05) is 40.9 Å². The summed E-state index contributed by atoms with van der Waals surface area (Å²) in [5.41, 5.74) is -5.28. The zero-order chi connectivity index (χ0) is 20.4. The van der Waals surface area contributed by atoms with Crippen molar-refractivity contribution < 1.29 is 27.2 Å². The Hall–Kier alpha value is -1.68. The molecule has 0 bridgehead atoms. The minimum atomic E-state index is -4.58. The molecule has 2 rings (SSSR count). The number of hydrogen-bond acceptors (Lipinski definition) is 3. The van der Waals surface area contributed by atoms with Crippen molar-refractivity contribution in [2.75, 3.05) is 5.32 Å². The third-order valence-electron chi connectivity index (χ3n) is 2.94. The molecule has 2 N–H and O–H groups in total. The van der Waals surface area contributed by atoms with E-state index in [2.05, 4.69) is 5.32 Å². The third-order valence-corrected chi connectivity index (χ3v) is 5.04. The molecule has 0 saturated heterocycles. The van der Waals surface area contributed by atoms with E-state index >= 15 is 0 Å². The number of rotatable bonds is 3. The molecule has 0 fully saturated rings. The zero-order valence-corrected chi connectivity index (χ0v) is 15.8. The predicted octanol–water partition coefficient (Wildman–Crippen LogP) is 6.36. The van der Waals surface area contributed by atoms with E-state index in [4.69, 9.17) is 34.8 Å². The Morgan fingerprint density at radius 1 is 1.00 bits per heavy atom. The highest BCUT2D eigenvalue weighted by Gasteiger charge is 2.31. The average molecular weight is 462 g/mol. The first-order valence-electron chi connectivity index (χ1n) is 6.79. The molecule has 12 heteroatoms. The maximum Gasteiger partial charge on any atom is 0.446 e. The van der Waals surface area contributed by atoms with Crippen molar-refractivity contribution in [2.45, 2.75) is 10.4 Å². The van der Waals surface area contributed by atoms with E-state index in [1.165, 1.54) is 12.1 Å². The summed E-state index contributed by atoms with van der Waals surface area (Å²) in [5, 5.41) is 2.96. The molecule has 0 atom stereocenters. The van der Waals surface area contributed by atoms with E-state index in [9.17, 15) is 27.2 Å². The van der Waals surface area contributed by atoms with E-state index in [0.29, 0.717) is 0 Å². The Bertz CT molecular complexity index is 889. The number of anilines is 1. The second-order valence-electron chi connectivity index (χ2n) is 4.79. The molecule has 0 aliphatic heterocycles. The van der Waals surface area contributed by atoms with Gasteiger partial charge < -0.3 is 5.32 Å². The Labute approximate surface area is 169 Å². The lowest BCUT2D eigenvalue weighted by atomic mass is 10.2. The van der Waals surface area contributed by atoms with Gasteiger partial charge in [-0.2, -0.15) is 13.2 Å². The maximum atomic E-state index is 13.7. The Kier molecular flexibility index (Phi) is 6.85. The third kappa shape index (κ3) is 5.65. The number of hydrogen-bond donors (Lipinski definition) is 2. The molecule has 27 heavy (non-hydrogen) atoms. The highest BCUT2D eigenvalue weighted by molar-refractivity contribution is 8.00. The molecule has 144 valence electrons. The van der Waals surface area contributed by atoms with Gasteiger partial charge in [0.25, 0.3) is 5.91 Å². The summed E-state index contributed by atoms with van der Waals surface area (Å²) in [6.07, 6.45) is 0. The lowest BCUT2D eigenvalue weighted by Crippen LogP contribution is -2.35. The smallest absolute Gasteiger partial charge is 0.306 e. The average Bonchev–Trinajstić information content (AvgIpc) is 2.53. The first kappa shape index (κ1) is 21.6. The van der Waals surface area contributed by atoms with Crippen LogP contribution in [0.25, 0.3) is 0 Å². The number of thioether (sulfide) groups is 1. The van der Waals surface area contributed by atoms with Crippen LogP contribution in [-0.2, 0) is 0 Å². The van der Waals surface area contributed by atoms with Crippen LogP contribution in [-0.4, -0.2) is 17.4 Å². The van der Waals surface area contributed by atoms with Gasteiger partial charge in [-0.3, -0.25) is 10.1 Å². The first-order chi connectivity index (χ1) is 12.5. The largest absolute Gasteiger partial charge is 0.446 e. The van der Waals surface area contributed by atoms with Gasteiger partial charge in [0.1, 0.15) is 5.82 Å². The van der Waals surface area contributed by atoms with Crippen LogP contribution < -0.4 is 10.6 Å². The van der Waals surface area contributed by atoms with Gasteiger partial charge >= 0.3 is 11.5 Å². The fourth-order valence-corrected chi connectivity index (χ4v) is 3.24. The van der Waals surface area contributed by atoms with Crippen molar-refractivity contribution in [3.8, 4) is 0 Å². The van der Waals surface area contributed by atoms with Crippen molar-refractivity contribution in [1.82, 2.24) is 5.32 Å². The second-order valence-corrected chi connectivity index (χ2v) is 7.06. The molecule has 2 aromatic rings. The molecule has 0 heterocycles. The molecule has 0 radical (unpaired) electrons. The van der Waals surface area contributed by atoms with Gasteiger partial charge in [0, 0.05) is 4.90 Å². The quantitative estimate of drug-likeness (QED) is 0.413. The molecule has 0 unspecified atom stereocenters. The highest BCUT2D eigenvalue weighted by Crippen LogP contribution is 2.44. The van der Waals surface area contributed by atoms with Crippen LogP contribution in [0.4, 0.5) is 28.0 Å². The summed E-state index contributed by atoms with van der Waals surface area (Å²) in [7, 11) is 0. The van der Waals surface area contributed by atoms with Crippen LogP contribution >= 0.6 is 46.6 Å². The van der Waals surface area contributed by atoms with Crippen LogP contribution in [0, 0.1) is 5.82 Å². The molecular formula is C15H7Cl3F4N2O2S. The number of nitrogens with one attached hydrogen (secondary N) is 2. The minimum absolute atomic E-state index is 0.155. The van der Waals surface area contributed by atoms with E-state index in [1.54, 1.807) is 0 Å². The number of carbonyl (C=O) groups excluding carboxylic acids is 2. The van der Waals surface area contributed by atoms with Crippen LogP contribution in [0.3, 0.4) is 0 Å². The maximum absolute atomic E-state index is 13.7. The molecule has 4 nitrogen and oxygen atoms in total. The topological polar surface area (TPSA) is 58.2 Å². The predicted molar refractivity (Wildman–Crippen MR) is 96.3 cm³/mol. The first-order valence-corrected chi connectivity index (χ1v) is 8.74. The molecule has 0 aliphatic rings. The summed E-state index contributed by atoms with van der Waals surface area (Å²) >= 11 is 16.9. The van der Waals surface area contributed by atoms with Gasteiger partial charge in [0.15, 0.2) is 0 Å². The molecule has 0 saturated carbocycles. The van der Waals surface area contributed by atoms with Gasteiger partial charge in [-0.25, -0.2) is 9.18 Å². The van der Waals surface area contributed by atoms with Crippen molar-refractivity contribution in [2.24, 2.45) is 0 Å². The van der Waals surface area contributed by atoms with Crippen molar-refractivity contribution in [3.05, 3.63) is 56.8 Å². The summed E-state index contributed by atoms with van der Waals surface area (Å²) < 4.78 is 51.0. The van der Waals surface area contributed by atoms with Crippen molar-refractivity contribution in [3.63, 3.8) is 0 Å².